The first-order chi connectivity index (χ1) is 6.23. The summed E-state index contributed by atoms with van der Waals surface area (Å²) in [7, 11) is 0. The summed E-state index contributed by atoms with van der Waals surface area (Å²) in [6.07, 6.45) is 6.26. The van der Waals surface area contributed by atoms with Crippen LogP contribution in [0.15, 0.2) is 0 Å². The second kappa shape index (κ2) is 3.31. The Bertz CT molecular complexity index is 225. The molecule has 2 fully saturated rings. The van der Waals surface area contributed by atoms with Crippen LogP contribution in [-0.4, -0.2) is 12.6 Å². The molecule has 0 aromatic heterocycles. The van der Waals surface area contributed by atoms with Crippen LogP contribution in [-0.2, 0) is 0 Å². The number of hydrogen-bond donors (Lipinski definition) is 1. The highest BCUT2D eigenvalue weighted by Crippen LogP contribution is 2.44. The fourth-order valence-corrected chi connectivity index (χ4v) is 2.13. The van der Waals surface area contributed by atoms with Gasteiger partial charge in [-0.1, -0.05) is 13.3 Å². The van der Waals surface area contributed by atoms with E-state index in [0.717, 1.165) is 13.0 Å². The molecule has 2 aliphatic rings. The molecule has 0 heterocycles. The van der Waals surface area contributed by atoms with E-state index in [1.807, 2.05) is 0 Å². The van der Waals surface area contributed by atoms with Gasteiger partial charge in [0.25, 0.3) is 0 Å². The third kappa shape index (κ3) is 2.03. The van der Waals surface area contributed by atoms with Crippen molar-refractivity contribution in [1.29, 1.82) is 5.26 Å². The van der Waals surface area contributed by atoms with Gasteiger partial charge < -0.3 is 5.32 Å². The van der Waals surface area contributed by atoms with Gasteiger partial charge in [-0.3, -0.25) is 0 Å². The van der Waals surface area contributed by atoms with Crippen LogP contribution in [0.5, 0.6) is 0 Å². The number of hydrogen-bond acceptors (Lipinski definition) is 2. The molecule has 13 heavy (non-hydrogen) atoms. The van der Waals surface area contributed by atoms with E-state index in [9.17, 15) is 0 Å². The van der Waals surface area contributed by atoms with Gasteiger partial charge in [0.2, 0.25) is 0 Å². The van der Waals surface area contributed by atoms with Crippen LogP contribution in [0.2, 0.25) is 0 Å². The Morgan fingerprint density at radius 3 is 2.85 bits per heavy atom. The van der Waals surface area contributed by atoms with E-state index in [1.165, 1.54) is 25.7 Å². The summed E-state index contributed by atoms with van der Waals surface area (Å²) in [6.45, 7) is 3.45. The van der Waals surface area contributed by atoms with Crippen LogP contribution >= 0.6 is 0 Å². The maximum Gasteiger partial charge on any atom is 0.0672 e. The van der Waals surface area contributed by atoms with Crippen LogP contribution in [0.25, 0.3) is 0 Å². The van der Waals surface area contributed by atoms with E-state index in [-0.39, 0.29) is 5.92 Å². The summed E-state index contributed by atoms with van der Waals surface area (Å²) in [4.78, 5) is 0. The van der Waals surface area contributed by atoms with Gasteiger partial charge in [-0.05, 0) is 31.1 Å². The van der Waals surface area contributed by atoms with Gasteiger partial charge in [-0.25, -0.2) is 0 Å². The van der Waals surface area contributed by atoms with Crippen molar-refractivity contribution in [2.75, 3.05) is 6.54 Å². The Hall–Kier alpha value is -0.550. The topological polar surface area (TPSA) is 35.8 Å². The minimum atomic E-state index is 0.280. The van der Waals surface area contributed by atoms with E-state index in [1.54, 1.807) is 0 Å². The zero-order chi connectivity index (χ0) is 9.31. The van der Waals surface area contributed by atoms with Gasteiger partial charge in [0.1, 0.15) is 0 Å². The quantitative estimate of drug-likeness (QED) is 0.718. The number of rotatable bonds is 3. The molecule has 1 N–H and O–H groups in total. The third-order valence-corrected chi connectivity index (χ3v) is 3.58. The maximum absolute atomic E-state index is 8.89. The summed E-state index contributed by atoms with van der Waals surface area (Å²) in [5, 5.41) is 12.5. The largest absolute Gasteiger partial charge is 0.312 e. The van der Waals surface area contributed by atoms with E-state index >= 15 is 0 Å². The molecule has 2 saturated carbocycles. The summed E-state index contributed by atoms with van der Waals surface area (Å²) in [5.74, 6) is 0.280. The van der Waals surface area contributed by atoms with Crippen molar-refractivity contribution in [3.8, 4) is 6.07 Å². The molecule has 2 atom stereocenters. The molecule has 2 aliphatic carbocycles. The Morgan fingerprint density at radius 2 is 2.23 bits per heavy atom. The molecule has 0 aromatic carbocycles. The second-order valence-corrected chi connectivity index (χ2v) is 4.96. The standard InChI is InChI=1S/C11H18N2/c1-11(5-6-11)8-13-10-4-2-3-9(10)7-12/h9-10,13H,2-6,8H2,1H3. The smallest absolute Gasteiger partial charge is 0.0672 e. The molecular weight excluding hydrogens is 160 g/mol. The summed E-state index contributed by atoms with van der Waals surface area (Å²) in [6, 6.07) is 2.90. The molecule has 0 aromatic rings. The first kappa shape index (κ1) is 9.02. The van der Waals surface area contributed by atoms with Crippen LogP contribution < -0.4 is 5.32 Å². The lowest BCUT2D eigenvalue weighted by Gasteiger charge is -2.18. The summed E-state index contributed by atoms with van der Waals surface area (Å²) < 4.78 is 0. The Balaban J connectivity index is 1.77. The second-order valence-electron chi connectivity index (χ2n) is 4.96. The van der Waals surface area contributed by atoms with Crippen LogP contribution in [0.1, 0.15) is 39.0 Å². The van der Waals surface area contributed by atoms with Crippen LogP contribution in [0.3, 0.4) is 0 Å². The fraction of sp³-hybridized carbons (Fsp3) is 0.909. The predicted octanol–water partition coefficient (Wildman–Crippen LogP) is 2.07. The van der Waals surface area contributed by atoms with Gasteiger partial charge in [0, 0.05) is 12.6 Å². The molecular formula is C11H18N2. The Kier molecular flexibility index (Phi) is 2.29. The predicted molar refractivity (Wildman–Crippen MR) is 52.1 cm³/mol. The van der Waals surface area contributed by atoms with Crippen molar-refractivity contribution in [3.63, 3.8) is 0 Å². The lowest BCUT2D eigenvalue weighted by atomic mass is 10.0. The van der Waals surface area contributed by atoms with Crippen molar-refractivity contribution >= 4 is 0 Å². The molecule has 2 heteroatoms. The first-order valence-electron chi connectivity index (χ1n) is 5.37. The molecule has 0 bridgehead atoms. The van der Waals surface area contributed by atoms with Crippen molar-refractivity contribution in [2.24, 2.45) is 11.3 Å². The Labute approximate surface area is 80.3 Å². The number of nitrogens with zero attached hydrogens (tertiary/aromatic N) is 1. The molecule has 2 unspecified atom stereocenters. The number of nitriles is 1. The zero-order valence-corrected chi connectivity index (χ0v) is 8.34. The van der Waals surface area contributed by atoms with E-state index < -0.39 is 0 Å². The monoisotopic (exact) mass is 178 g/mol. The summed E-state index contributed by atoms with van der Waals surface area (Å²) in [5.41, 5.74) is 0.572. The molecule has 0 amide bonds. The van der Waals surface area contributed by atoms with E-state index in [4.69, 9.17) is 5.26 Å². The van der Waals surface area contributed by atoms with Crippen LogP contribution in [0.4, 0.5) is 0 Å². The highest BCUT2D eigenvalue weighted by molar-refractivity contribution is 4.99. The normalized spacial score (nSPS) is 35.7. The molecule has 2 rings (SSSR count). The van der Waals surface area contributed by atoms with Crippen molar-refractivity contribution in [3.05, 3.63) is 0 Å². The van der Waals surface area contributed by atoms with Crippen LogP contribution in [0, 0.1) is 22.7 Å². The van der Waals surface area contributed by atoms with E-state index in [2.05, 4.69) is 18.3 Å². The minimum Gasteiger partial charge on any atom is -0.312 e. The van der Waals surface area contributed by atoms with Crippen molar-refractivity contribution in [2.45, 2.75) is 45.1 Å². The van der Waals surface area contributed by atoms with Gasteiger partial charge in [-0.15, -0.1) is 0 Å². The third-order valence-electron chi connectivity index (χ3n) is 3.58. The lowest BCUT2D eigenvalue weighted by molar-refractivity contribution is 0.406. The molecule has 0 saturated heterocycles. The van der Waals surface area contributed by atoms with E-state index in [0.29, 0.717) is 11.5 Å². The molecule has 0 aliphatic heterocycles. The fourth-order valence-electron chi connectivity index (χ4n) is 2.13. The lowest BCUT2D eigenvalue weighted by Crippen LogP contribution is -2.35. The molecule has 72 valence electrons. The highest BCUT2D eigenvalue weighted by atomic mass is 14.9. The average Bonchev–Trinajstić information content (AvgIpc) is 2.69. The molecule has 0 radical (unpaired) electrons. The van der Waals surface area contributed by atoms with Gasteiger partial charge in [0.15, 0.2) is 0 Å². The molecule has 2 nitrogen and oxygen atoms in total. The van der Waals surface area contributed by atoms with Crippen molar-refractivity contribution in [1.82, 2.24) is 5.32 Å². The summed E-state index contributed by atoms with van der Waals surface area (Å²) >= 11 is 0. The number of nitrogens with one attached hydrogen (secondary N) is 1. The average molecular weight is 178 g/mol. The van der Waals surface area contributed by atoms with Gasteiger partial charge in [-0.2, -0.15) is 5.26 Å². The van der Waals surface area contributed by atoms with Gasteiger partial charge in [0.05, 0.1) is 12.0 Å². The minimum absolute atomic E-state index is 0.280. The first-order valence-corrected chi connectivity index (χ1v) is 5.37. The van der Waals surface area contributed by atoms with Crippen molar-refractivity contribution < 1.29 is 0 Å². The highest BCUT2D eigenvalue weighted by Gasteiger charge is 2.38. The SMILES string of the molecule is CC1(CNC2CCCC2C#N)CC1. The Morgan fingerprint density at radius 1 is 1.46 bits per heavy atom. The zero-order valence-electron chi connectivity index (χ0n) is 8.34. The molecule has 0 spiro atoms. The van der Waals surface area contributed by atoms with Gasteiger partial charge >= 0.3 is 0 Å². The maximum atomic E-state index is 8.89.